The number of rotatable bonds is 5. The van der Waals surface area contributed by atoms with Crippen LogP contribution in [0.5, 0.6) is 0 Å². The fourth-order valence-electron chi connectivity index (χ4n) is 3.88. The van der Waals surface area contributed by atoms with Crippen molar-refractivity contribution >= 4 is 40.8 Å². The van der Waals surface area contributed by atoms with Crippen LogP contribution in [0.4, 0.5) is 10.5 Å². The van der Waals surface area contributed by atoms with Crippen LogP contribution in [0.1, 0.15) is 17.0 Å². The number of urea groups is 1. The van der Waals surface area contributed by atoms with Gasteiger partial charge in [-0.15, -0.1) is 0 Å². The van der Waals surface area contributed by atoms with E-state index < -0.39 is 0 Å². The van der Waals surface area contributed by atoms with Gasteiger partial charge in [-0.3, -0.25) is 0 Å². The lowest BCUT2D eigenvalue weighted by atomic mass is 9.91. The minimum Gasteiger partial charge on any atom is -0.306 e. The summed E-state index contributed by atoms with van der Waals surface area (Å²) in [5, 5.41) is 9.86. The Morgan fingerprint density at radius 1 is 0.824 bits per heavy atom. The Bertz CT molecular complexity index is 1290. The lowest BCUT2D eigenvalue weighted by Gasteiger charge is -2.16. The van der Waals surface area contributed by atoms with Crippen molar-refractivity contribution in [1.82, 2.24) is 5.01 Å². The van der Waals surface area contributed by atoms with Gasteiger partial charge in [0.1, 0.15) is 0 Å². The molecule has 0 aliphatic carbocycles. The third kappa shape index (κ3) is 5.16. The summed E-state index contributed by atoms with van der Waals surface area (Å²) in [6.07, 6.45) is 0. The highest BCUT2D eigenvalue weighted by molar-refractivity contribution is 7.99. The molecule has 4 aromatic rings. The van der Waals surface area contributed by atoms with Crippen molar-refractivity contribution in [2.24, 2.45) is 5.10 Å². The van der Waals surface area contributed by atoms with Crippen molar-refractivity contribution < 1.29 is 4.79 Å². The zero-order valence-electron chi connectivity index (χ0n) is 18.3. The zero-order chi connectivity index (χ0) is 23.3. The number of carbonyl (C=O) groups excluding carboxylic acids is 1. The van der Waals surface area contributed by atoms with Crippen LogP contribution in [0.2, 0.25) is 5.02 Å². The van der Waals surface area contributed by atoms with Gasteiger partial charge in [-0.05, 0) is 59.7 Å². The third-order valence-electron chi connectivity index (χ3n) is 5.57. The van der Waals surface area contributed by atoms with Crippen LogP contribution in [0.3, 0.4) is 0 Å². The molecular weight excluding hydrogens is 462 g/mol. The quantitative estimate of drug-likeness (QED) is 0.319. The molecule has 0 unspecified atom stereocenters. The monoisotopic (exact) mass is 483 g/mol. The molecule has 1 atom stereocenters. The van der Waals surface area contributed by atoms with Gasteiger partial charge >= 0.3 is 6.03 Å². The molecule has 5 rings (SSSR count). The predicted molar refractivity (Wildman–Crippen MR) is 140 cm³/mol. The highest BCUT2D eigenvalue weighted by Crippen LogP contribution is 2.31. The molecule has 1 heterocycles. The fraction of sp³-hybridized carbons (Fsp3) is 0.0714. The minimum atomic E-state index is -0.256. The normalized spacial score (nSPS) is 15.1. The molecule has 1 aliphatic heterocycles. The second-order valence-electron chi connectivity index (χ2n) is 7.91. The first kappa shape index (κ1) is 22.3. The maximum Gasteiger partial charge on any atom is 0.342 e. The van der Waals surface area contributed by atoms with Gasteiger partial charge in [0.15, 0.2) is 0 Å². The van der Waals surface area contributed by atoms with Crippen LogP contribution >= 0.6 is 23.4 Å². The molecule has 4 nitrogen and oxygen atoms in total. The molecule has 0 aromatic heterocycles. The van der Waals surface area contributed by atoms with Crippen molar-refractivity contribution in [3.63, 3.8) is 0 Å². The fourth-order valence-corrected chi connectivity index (χ4v) is 4.84. The van der Waals surface area contributed by atoms with Crippen LogP contribution in [0, 0.1) is 0 Å². The molecule has 1 aliphatic rings. The molecule has 6 heteroatoms. The van der Waals surface area contributed by atoms with E-state index in [1.54, 1.807) is 11.8 Å². The highest BCUT2D eigenvalue weighted by Gasteiger charge is 2.32. The highest BCUT2D eigenvalue weighted by atomic mass is 35.5. The van der Waals surface area contributed by atoms with Gasteiger partial charge < -0.3 is 5.32 Å². The molecule has 0 saturated heterocycles. The number of anilines is 1. The van der Waals surface area contributed by atoms with E-state index in [2.05, 4.69) is 29.6 Å². The molecule has 0 spiro atoms. The molecule has 2 amide bonds. The number of hydrogen-bond donors (Lipinski definition) is 1. The van der Waals surface area contributed by atoms with Gasteiger partial charge in [0.25, 0.3) is 0 Å². The first-order chi connectivity index (χ1) is 16.7. The number of benzene rings is 4. The Morgan fingerprint density at radius 3 is 2.12 bits per heavy atom. The predicted octanol–water partition coefficient (Wildman–Crippen LogP) is 7.53. The molecule has 0 fully saturated rings. The topological polar surface area (TPSA) is 44.7 Å². The average molecular weight is 484 g/mol. The number of hydrazone groups is 1. The van der Waals surface area contributed by atoms with Crippen LogP contribution in [-0.2, 0) is 0 Å². The molecule has 0 radical (unpaired) electrons. The van der Waals surface area contributed by atoms with E-state index >= 15 is 0 Å². The lowest BCUT2D eigenvalue weighted by Crippen LogP contribution is -2.30. The van der Waals surface area contributed by atoms with E-state index in [1.165, 1.54) is 9.90 Å². The molecule has 34 heavy (non-hydrogen) atoms. The second kappa shape index (κ2) is 10.2. The summed E-state index contributed by atoms with van der Waals surface area (Å²) in [7, 11) is 0. The standard InChI is InChI=1S/C28H22ClN3OS/c29-22-13-11-21(12-14-22)27-26(20-7-3-1-4-8-20)19-32(31-27)28(33)30-23-15-17-25(18-16-23)34-24-9-5-2-6-10-24/h1-18,26H,19H2,(H,30,33)/t26-/m1/s1. The molecule has 1 N–H and O–H groups in total. The summed E-state index contributed by atoms with van der Waals surface area (Å²) < 4.78 is 0. The summed E-state index contributed by atoms with van der Waals surface area (Å²) in [6.45, 7) is 0.468. The number of halogens is 1. The maximum atomic E-state index is 13.1. The van der Waals surface area contributed by atoms with Gasteiger partial charge in [0.05, 0.1) is 12.3 Å². The molecule has 0 bridgehead atoms. The minimum absolute atomic E-state index is 0.0160. The Hall–Kier alpha value is -3.54. The van der Waals surface area contributed by atoms with E-state index in [0.29, 0.717) is 11.6 Å². The zero-order valence-corrected chi connectivity index (χ0v) is 19.8. The van der Waals surface area contributed by atoms with Crippen molar-refractivity contribution in [3.05, 3.63) is 125 Å². The average Bonchev–Trinajstić information content (AvgIpc) is 3.33. The van der Waals surface area contributed by atoms with Gasteiger partial charge in [0.2, 0.25) is 0 Å². The van der Waals surface area contributed by atoms with Gasteiger partial charge in [-0.25, -0.2) is 9.80 Å². The largest absolute Gasteiger partial charge is 0.342 e. The Kier molecular flexibility index (Phi) is 6.65. The molecule has 0 saturated carbocycles. The van der Waals surface area contributed by atoms with Crippen LogP contribution < -0.4 is 5.32 Å². The number of nitrogens with one attached hydrogen (secondary N) is 1. The van der Waals surface area contributed by atoms with Crippen LogP contribution in [0.15, 0.2) is 124 Å². The van der Waals surface area contributed by atoms with Gasteiger partial charge in [-0.2, -0.15) is 5.10 Å². The van der Waals surface area contributed by atoms with E-state index in [-0.39, 0.29) is 11.9 Å². The first-order valence-corrected chi connectivity index (χ1v) is 12.2. The van der Waals surface area contributed by atoms with Crippen molar-refractivity contribution in [3.8, 4) is 0 Å². The van der Waals surface area contributed by atoms with E-state index in [9.17, 15) is 4.79 Å². The van der Waals surface area contributed by atoms with E-state index in [1.807, 2.05) is 84.9 Å². The van der Waals surface area contributed by atoms with Crippen molar-refractivity contribution in [2.45, 2.75) is 15.7 Å². The summed E-state index contributed by atoms with van der Waals surface area (Å²) >= 11 is 7.76. The Morgan fingerprint density at radius 2 is 1.44 bits per heavy atom. The summed E-state index contributed by atoms with van der Waals surface area (Å²) in [5.41, 5.74) is 3.66. The number of hydrogen-bond acceptors (Lipinski definition) is 3. The van der Waals surface area contributed by atoms with Crippen molar-refractivity contribution in [2.75, 3.05) is 11.9 Å². The number of carbonyl (C=O) groups is 1. The summed E-state index contributed by atoms with van der Waals surface area (Å²) in [5.74, 6) is -0.0160. The first-order valence-electron chi connectivity index (χ1n) is 11.0. The number of amides is 2. The summed E-state index contributed by atoms with van der Waals surface area (Å²) in [6, 6.07) is 35.5. The second-order valence-corrected chi connectivity index (χ2v) is 9.49. The van der Waals surface area contributed by atoms with Gasteiger partial charge in [0, 0.05) is 26.4 Å². The lowest BCUT2D eigenvalue weighted by molar-refractivity contribution is 0.218. The van der Waals surface area contributed by atoms with Crippen LogP contribution in [-0.4, -0.2) is 23.3 Å². The van der Waals surface area contributed by atoms with Crippen LogP contribution in [0.25, 0.3) is 0 Å². The Labute approximate surface area is 208 Å². The maximum absolute atomic E-state index is 13.1. The summed E-state index contributed by atoms with van der Waals surface area (Å²) in [4.78, 5) is 15.4. The van der Waals surface area contributed by atoms with E-state index in [0.717, 1.165) is 27.4 Å². The molecule has 168 valence electrons. The van der Waals surface area contributed by atoms with Gasteiger partial charge in [-0.1, -0.05) is 84.0 Å². The van der Waals surface area contributed by atoms with E-state index in [4.69, 9.17) is 16.7 Å². The third-order valence-corrected chi connectivity index (χ3v) is 6.84. The number of nitrogens with zero attached hydrogens (tertiary/aromatic N) is 2. The molecular formula is C28H22ClN3OS. The Balaban J connectivity index is 1.32. The molecule has 4 aromatic carbocycles. The van der Waals surface area contributed by atoms with Crippen molar-refractivity contribution in [1.29, 1.82) is 0 Å². The SMILES string of the molecule is O=C(Nc1ccc(Sc2ccccc2)cc1)N1C[C@H](c2ccccc2)C(c2ccc(Cl)cc2)=N1. The smallest absolute Gasteiger partial charge is 0.306 e.